The summed E-state index contributed by atoms with van der Waals surface area (Å²) in [5.74, 6) is -1.27. The van der Waals surface area contributed by atoms with Gasteiger partial charge in [-0.05, 0) is 18.2 Å². The Morgan fingerprint density at radius 1 is 1.19 bits per heavy atom. The molecule has 5 rings (SSSR count). The summed E-state index contributed by atoms with van der Waals surface area (Å²) >= 11 is 0. The Kier molecular flexibility index (Phi) is 3.61. The number of nitrogens with zero attached hydrogens (tertiary/aromatic N) is 4. The molecule has 0 bridgehead atoms. The second kappa shape index (κ2) is 6.00. The third-order valence-electron chi connectivity index (χ3n) is 5.02. The second-order valence-electron chi connectivity index (χ2n) is 6.70. The van der Waals surface area contributed by atoms with Gasteiger partial charge in [-0.1, -0.05) is 5.21 Å². The van der Waals surface area contributed by atoms with Crippen molar-refractivity contribution in [3.05, 3.63) is 59.7 Å². The van der Waals surface area contributed by atoms with Gasteiger partial charge in [0.05, 0.1) is 37.0 Å². The molecule has 0 spiro atoms. The molecule has 1 fully saturated rings. The molecule has 8 heteroatoms. The number of likely N-dealkylation sites (tertiary alicyclic amines) is 1. The molecule has 1 saturated heterocycles. The fourth-order valence-corrected chi connectivity index (χ4v) is 3.79. The number of furan rings is 1. The Hall–Kier alpha value is -2.58. The number of aromatic nitrogens is 3. The Morgan fingerprint density at radius 2 is 2.12 bits per heavy atom. The molecule has 134 valence electrons. The molecule has 0 radical (unpaired) electrons. The summed E-state index contributed by atoms with van der Waals surface area (Å²) in [6.07, 6.45) is 3.41. The predicted octanol–water partition coefficient (Wildman–Crippen LogP) is 2.77. The van der Waals surface area contributed by atoms with E-state index in [1.54, 1.807) is 12.5 Å². The van der Waals surface area contributed by atoms with Crippen LogP contribution in [0.4, 0.5) is 8.78 Å². The quantitative estimate of drug-likeness (QED) is 0.721. The molecular weight excluding hydrogens is 342 g/mol. The van der Waals surface area contributed by atoms with Crippen molar-refractivity contribution < 1.29 is 17.9 Å². The number of hydrogen-bond donors (Lipinski definition) is 0. The van der Waals surface area contributed by atoms with Gasteiger partial charge in [0.15, 0.2) is 0 Å². The van der Waals surface area contributed by atoms with Gasteiger partial charge in [-0.2, -0.15) is 0 Å². The van der Waals surface area contributed by atoms with Gasteiger partial charge in [0.25, 0.3) is 0 Å². The van der Waals surface area contributed by atoms with E-state index in [9.17, 15) is 8.78 Å². The SMILES string of the molecule is Fc1ccc(-c2nnn3c2CO[C@H]2CN(Cc4ccoc4)C[C@@H]23)c(F)c1. The zero-order valence-electron chi connectivity index (χ0n) is 13.8. The molecule has 0 unspecified atom stereocenters. The molecule has 2 aromatic heterocycles. The predicted molar refractivity (Wildman–Crippen MR) is 87.0 cm³/mol. The van der Waals surface area contributed by atoms with E-state index in [1.807, 2.05) is 10.7 Å². The lowest BCUT2D eigenvalue weighted by atomic mass is 10.1. The smallest absolute Gasteiger partial charge is 0.135 e. The van der Waals surface area contributed by atoms with Crippen LogP contribution >= 0.6 is 0 Å². The lowest BCUT2D eigenvalue weighted by Gasteiger charge is -2.26. The minimum atomic E-state index is -0.650. The van der Waals surface area contributed by atoms with Crippen LogP contribution in [-0.4, -0.2) is 39.1 Å². The average molecular weight is 358 g/mol. The van der Waals surface area contributed by atoms with Gasteiger partial charge >= 0.3 is 0 Å². The van der Waals surface area contributed by atoms with Crippen LogP contribution in [-0.2, 0) is 17.9 Å². The largest absolute Gasteiger partial charge is 0.472 e. The monoisotopic (exact) mass is 358 g/mol. The first-order chi connectivity index (χ1) is 12.7. The number of fused-ring (bicyclic) bond motifs is 3. The van der Waals surface area contributed by atoms with Crippen molar-refractivity contribution in [3.63, 3.8) is 0 Å². The number of benzene rings is 1. The summed E-state index contributed by atoms with van der Waals surface area (Å²) in [4.78, 5) is 2.27. The van der Waals surface area contributed by atoms with Crippen LogP contribution in [0, 0.1) is 11.6 Å². The van der Waals surface area contributed by atoms with Crippen LogP contribution in [0.25, 0.3) is 11.3 Å². The first-order valence-electron chi connectivity index (χ1n) is 8.43. The highest BCUT2D eigenvalue weighted by Crippen LogP contribution is 2.35. The highest BCUT2D eigenvalue weighted by atomic mass is 19.1. The Labute approximate surface area is 148 Å². The van der Waals surface area contributed by atoms with Gasteiger partial charge in [0, 0.05) is 36.8 Å². The maximum Gasteiger partial charge on any atom is 0.135 e. The van der Waals surface area contributed by atoms with E-state index < -0.39 is 11.6 Å². The third kappa shape index (κ3) is 2.53. The lowest BCUT2D eigenvalue weighted by molar-refractivity contribution is -0.00495. The normalized spacial score (nSPS) is 22.4. The van der Waals surface area contributed by atoms with Gasteiger partial charge in [0.1, 0.15) is 17.3 Å². The molecule has 3 aromatic rings. The second-order valence-corrected chi connectivity index (χ2v) is 6.70. The summed E-state index contributed by atoms with van der Waals surface area (Å²) in [5.41, 5.74) is 2.48. The first kappa shape index (κ1) is 15.7. The fraction of sp³-hybridized carbons (Fsp3) is 0.333. The number of halogens is 2. The van der Waals surface area contributed by atoms with Crippen molar-refractivity contribution in [1.82, 2.24) is 19.9 Å². The Balaban J connectivity index is 1.43. The summed E-state index contributed by atoms with van der Waals surface area (Å²) in [5, 5.41) is 8.41. The van der Waals surface area contributed by atoms with Crippen LogP contribution in [0.2, 0.25) is 0 Å². The van der Waals surface area contributed by atoms with Gasteiger partial charge < -0.3 is 9.15 Å². The molecule has 0 saturated carbocycles. The molecule has 0 aliphatic carbocycles. The van der Waals surface area contributed by atoms with E-state index in [-0.39, 0.29) is 17.7 Å². The fourth-order valence-electron chi connectivity index (χ4n) is 3.79. The molecule has 0 N–H and O–H groups in total. The van der Waals surface area contributed by atoms with E-state index in [1.165, 1.54) is 12.1 Å². The Morgan fingerprint density at radius 3 is 2.92 bits per heavy atom. The van der Waals surface area contributed by atoms with E-state index in [0.29, 0.717) is 12.3 Å². The van der Waals surface area contributed by atoms with Gasteiger partial charge in [0.2, 0.25) is 0 Å². The zero-order valence-corrected chi connectivity index (χ0v) is 13.8. The molecule has 2 aliphatic rings. The minimum absolute atomic E-state index is 0.0158. The first-order valence-corrected chi connectivity index (χ1v) is 8.43. The topological polar surface area (TPSA) is 56.3 Å². The van der Waals surface area contributed by atoms with Crippen LogP contribution in [0.3, 0.4) is 0 Å². The molecule has 0 amide bonds. The van der Waals surface area contributed by atoms with Crippen LogP contribution in [0.1, 0.15) is 17.3 Å². The van der Waals surface area contributed by atoms with Crippen molar-refractivity contribution in [2.45, 2.75) is 25.3 Å². The number of hydrogen-bond acceptors (Lipinski definition) is 5. The summed E-state index contributed by atoms with van der Waals surface area (Å²) in [7, 11) is 0. The van der Waals surface area contributed by atoms with E-state index >= 15 is 0 Å². The minimum Gasteiger partial charge on any atom is -0.472 e. The van der Waals surface area contributed by atoms with Crippen molar-refractivity contribution in [1.29, 1.82) is 0 Å². The Bertz CT molecular complexity index is 941. The summed E-state index contributed by atoms with van der Waals surface area (Å²) in [6.45, 7) is 2.63. The van der Waals surface area contributed by atoms with Crippen LogP contribution in [0.5, 0.6) is 0 Å². The van der Waals surface area contributed by atoms with Crippen molar-refractivity contribution >= 4 is 0 Å². The molecule has 6 nitrogen and oxygen atoms in total. The molecule has 2 aliphatic heterocycles. The van der Waals surface area contributed by atoms with E-state index in [0.717, 1.165) is 37.0 Å². The molecular formula is C18H16F2N4O2. The lowest BCUT2D eigenvalue weighted by Crippen LogP contribution is -2.32. The molecule has 4 heterocycles. The standard InChI is InChI=1S/C18H16F2N4O2/c19-12-1-2-13(14(20)5-12)18-16-10-26-17-8-23(6-11-3-4-25-9-11)7-15(17)24(16)22-21-18/h1-5,9,15,17H,6-8,10H2/t15-,17-/m0/s1. The van der Waals surface area contributed by atoms with Crippen molar-refractivity contribution in [2.75, 3.05) is 13.1 Å². The molecule has 26 heavy (non-hydrogen) atoms. The van der Waals surface area contributed by atoms with Gasteiger partial charge in [-0.15, -0.1) is 5.10 Å². The van der Waals surface area contributed by atoms with E-state index in [4.69, 9.17) is 9.15 Å². The number of ether oxygens (including phenoxy) is 1. The van der Waals surface area contributed by atoms with Gasteiger partial charge in [-0.25, -0.2) is 13.5 Å². The highest BCUT2D eigenvalue weighted by Gasteiger charge is 2.40. The molecule has 1 aromatic carbocycles. The van der Waals surface area contributed by atoms with Crippen LogP contribution < -0.4 is 0 Å². The maximum absolute atomic E-state index is 14.2. The van der Waals surface area contributed by atoms with Crippen molar-refractivity contribution in [3.8, 4) is 11.3 Å². The zero-order chi connectivity index (χ0) is 17.7. The van der Waals surface area contributed by atoms with E-state index in [2.05, 4.69) is 15.2 Å². The average Bonchev–Trinajstić information content (AvgIpc) is 3.33. The maximum atomic E-state index is 14.2. The summed E-state index contributed by atoms with van der Waals surface area (Å²) in [6, 6.07) is 5.44. The number of rotatable bonds is 3. The molecule has 2 atom stereocenters. The van der Waals surface area contributed by atoms with Gasteiger partial charge in [-0.3, -0.25) is 4.90 Å². The van der Waals surface area contributed by atoms with Crippen molar-refractivity contribution in [2.24, 2.45) is 0 Å². The summed E-state index contributed by atoms with van der Waals surface area (Å²) < 4.78 is 40.3. The van der Waals surface area contributed by atoms with Crippen LogP contribution in [0.15, 0.2) is 41.2 Å². The third-order valence-corrected chi connectivity index (χ3v) is 5.02. The highest BCUT2D eigenvalue weighted by molar-refractivity contribution is 5.62.